The van der Waals surface area contributed by atoms with Gasteiger partial charge >= 0.3 is 0 Å². The lowest BCUT2D eigenvalue weighted by Gasteiger charge is -2.04. The SMILES string of the molecule is CCCOc1cccc(-c2n[nH]c(CCC)n2)c1. The van der Waals surface area contributed by atoms with Gasteiger partial charge in [-0.25, -0.2) is 4.98 Å². The van der Waals surface area contributed by atoms with Gasteiger partial charge in [-0.15, -0.1) is 0 Å². The van der Waals surface area contributed by atoms with Crippen LogP contribution < -0.4 is 4.74 Å². The molecule has 0 saturated heterocycles. The smallest absolute Gasteiger partial charge is 0.181 e. The molecule has 0 saturated carbocycles. The van der Waals surface area contributed by atoms with Crippen molar-refractivity contribution in [3.05, 3.63) is 30.1 Å². The molecule has 0 aliphatic carbocycles. The summed E-state index contributed by atoms with van der Waals surface area (Å²) in [7, 11) is 0. The largest absolute Gasteiger partial charge is 0.494 e. The van der Waals surface area contributed by atoms with Crippen LogP contribution >= 0.6 is 0 Å². The highest BCUT2D eigenvalue weighted by molar-refractivity contribution is 5.57. The molecule has 1 aromatic heterocycles. The molecule has 1 aromatic carbocycles. The number of aromatic amines is 1. The van der Waals surface area contributed by atoms with Crippen LogP contribution in [0.2, 0.25) is 0 Å². The van der Waals surface area contributed by atoms with Gasteiger partial charge in [-0.3, -0.25) is 5.10 Å². The molecule has 18 heavy (non-hydrogen) atoms. The minimum atomic E-state index is 0.735. The van der Waals surface area contributed by atoms with E-state index < -0.39 is 0 Å². The highest BCUT2D eigenvalue weighted by atomic mass is 16.5. The third-order valence-corrected chi connectivity index (χ3v) is 2.58. The summed E-state index contributed by atoms with van der Waals surface area (Å²) in [6, 6.07) is 7.90. The van der Waals surface area contributed by atoms with Crippen molar-refractivity contribution in [2.75, 3.05) is 6.61 Å². The van der Waals surface area contributed by atoms with E-state index in [1.54, 1.807) is 0 Å². The summed E-state index contributed by atoms with van der Waals surface area (Å²) in [4.78, 5) is 4.47. The van der Waals surface area contributed by atoms with E-state index in [2.05, 4.69) is 29.0 Å². The molecule has 0 amide bonds. The molecule has 0 spiro atoms. The normalized spacial score (nSPS) is 10.6. The number of hydrogen-bond acceptors (Lipinski definition) is 3. The molecule has 1 N–H and O–H groups in total. The standard InChI is InChI=1S/C14H19N3O/c1-3-6-13-15-14(17-16-13)11-7-5-8-12(10-11)18-9-4-2/h5,7-8,10H,3-4,6,9H2,1-2H3,(H,15,16,17). The van der Waals surface area contributed by atoms with Gasteiger partial charge in [0.25, 0.3) is 0 Å². The molecule has 0 fully saturated rings. The lowest BCUT2D eigenvalue weighted by Crippen LogP contribution is -1.95. The molecule has 96 valence electrons. The molecule has 4 nitrogen and oxygen atoms in total. The highest BCUT2D eigenvalue weighted by Gasteiger charge is 2.06. The molecule has 0 aliphatic rings. The third kappa shape index (κ3) is 3.09. The van der Waals surface area contributed by atoms with Gasteiger partial charge in [0.1, 0.15) is 11.6 Å². The van der Waals surface area contributed by atoms with E-state index >= 15 is 0 Å². The minimum Gasteiger partial charge on any atom is -0.494 e. The minimum absolute atomic E-state index is 0.735. The van der Waals surface area contributed by atoms with E-state index in [1.807, 2.05) is 24.3 Å². The van der Waals surface area contributed by atoms with Gasteiger partial charge in [-0.2, -0.15) is 5.10 Å². The van der Waals surface area contributed by atoms with Crippen molar-refractivity contribution in [1.82, 2.24) is 15.2 Å². The van der Waals surface area contributed by atoms with Crippen LogP contribution in [0.5, 0.6) is 5.75 Å². The summed E-state index contributed by atoms with van der Waals surface area (Å²) in [5.41, 5.74) is 0.988. The number of aryl methyl sites for hydroxylation is 1. The van der Waals surface area contributed by atoms with Crippen LogP contribution in [0.4, 0.5) is 0 Å². The maximum atomic E-state index is 5.61. The molecule has 0 unspecified atom stereocenters. The zero-order valence-electron chi connectivity index (χ0n) is 10.9. The number of aromatic nitrogens is 3. The van der Waals surface area contributed by atoms with Crippen molar-refractivity contribution >= 4 is 0 Å². The van der Waals surface area contributed by atoms with Crippen LogP contribution in [0.25, 0.3) is 11.4 Å². The summed E-state index contributed by atoms with van der Waals surface area (Å²) >= 11 is 0. The first kappa shape index (κ1) is 12.6. The molecular formula is C14H19N3O. The number of H-pyrrole nitrogens is 1. The summed E-state index contributed by atoms with van der Waals surface area (Å²) in [5.74, 6) is 2.55. The quantitative estimate of drug-likeness (QED) is 0.850. The Hall–Kier alpha value is -1.84. The van der Waals surface area contributed by atoms with E-state index in [1.165, 1.54) is 0 Å². The Balaban J connectivity index is 2.15. The Morgan fingerprint density at radius 2 is 2.11 bits per heavy atom. The Morgan fingerprint density at radius 1 is 1.22 bits per heavy atom. The topological polar surface area (TPSA) is 50.8 Å². The highest BCUT2D eigenvalue weighted by Crippen LogP contribution is 2.21. The fourth-order valence-electron chi connectivity index (χ4n) is 1.72. The first-order valence-electron chi connectivity index (χ1n) is 6.48. The van der Waals surface area contributed by atoms with Gasteiger partial charge in [-0.1, -0.05) is 26.0 Å². The number of rotatable bonds is 6. The van der Waals surface area contributed by atoms with Crippen LogP contribution in [0, 0.1) is 0 Å². The van der Waals surface area contributed by atoms with Gasteiger partial charge in [0.05, 0.1) is 6.61 Å². The van der Waals surface area contributed by atoms with Crippen molar-refractivity contribution in [1.29, 1.82) is 0 Å². The number of hydrogen-bond donors (Lipinski definition) is 1. The Labute approximate surface area is 107 Å². The second-order valence-electron chi connectivity index (χ2n) is 4.23. The average Bonchev–Trinajstić information content (AvgIpc) is 2.86. The predicted molar refractivity (Wildman–Crippen MR) is 71.6 cm³/mol. The number of nitrogens with zero attached hydrogens (tertiary/aromatic N) is 2. The number of nitrogens with one attached hydrogen (secondary N) is 1. The fourth-order valence-corrected chi connectivity index (χ4v) is 1.72. The zero-order chi connectivity index (χ0) is 12.8. The van der Waals surface area contributed by atoms with E-state index in [0.29, 0.717) is 0 Å². The van der Waals surface area contributed by atoms with Crippen LogP contribution in [0.15, 0.2) is 24.3 Å². The lowest BCUT2D eigenvalue weighted by atomic mass is 10.2. The summed E-state index contributed by atoms with van der Waals surface area (Å²) in [6.45, 7) is 4.95. The molecule has 0 atom stereocenters. The fraction of sp³-hybridized carbons (Fsp3) is 0.429. The van der Waals surface area contributed by atoms with Crippen molar-refractivity contribution in [2.24, 2.45) is 0 Å². The third-order valence-electron chi connectivity index (χ3n) is 2.58. The molecule has 0 bridgehead atoms. The molecule has 0 aliphatic heterocycles. The Kier molecular flexibility index (Phi) is 4.34. The second kappa shape index (κ2) is 6.19. The van der Waals surface area contributed by atoms with E-state index in [4.69, 9.17) is 4.74 Å². The molecule has 2 rings (SSSR count). The van der Waals surface area contributed by atoms with Crippen LogP contribution in [-0.4, -0.2) is 21.8 Å². The monoisotopic (exact) mass is 245 g/mol. The van der Waals surface area contributed by atoms with Gasteiger partial charge in [0.15, 0.2) is 5.82 Å². The molecular weight excluding hydrogens is 226 g/mol. The zero-order valence-corrected chi connectivity index (χ0v) is 10.9. The summed E-state index contributed by atoms with van der Waals surface area (Å²) in [6.07, 6.45) is 3.00. The van der Waals surface area contributed by atoms with E-state index in [-0.39, 0.29) is 0 Å². The second-order valence-corrected chi connectivity index (χ2v) is 4.23. The predicted octanol–water partition coefficient (Wildman–Crippen LogP) is 3.21. The van der Waals surface area contributed by atoms with Crippen molar-refractivity contribution in [3.63, 3.8) is 0 Å². The number of benzene rings is 1. The van der Waals surface area contributed by atoms with Gasteiger partial charge < -0.3 is 4.74 Å². The van der Waals surface area contributed by atoms with Gasteiger partial charge in [0, 0.05) is 12.0 Å². The van der Waals surface area contributed by atoms with Gasteiger partial charge in [0.2, 0.25) is 0 Å². The molecule has 4 heteroatoms. The van der Waals surface area contributed by atoms with E-state index in [0.717, 1.165) is 48.8 Å². The van der Waals surface area contributed by atoms with Crippen molar-refractivity contribution < 1.29 is 4.74 Å². The summed E-state index contributed by atoms with van der Waals surface area (Å²) in [5, 5.41) is 7.20. The lowest BCUT2D eigenvalue weighted by molar-refractivity contribution is 0.317. The first-order valence-corrected chi connectivity index (χ1v) is 6.48. The maximum absolute atomic E-state index is 5.61. The maximum Gasteiger partial charge on any atom is 0.181 e. The number of ether oxygens (including phenoxy) is 1. The molecule has 1 heterocycles. The van der Waals surface area contributed by atoms with Crippen molar-refractivity contribution in [2.45, 2.75) is 33.1 Å². The van der Waals surface area contributed by atoms with E-state index in [9.17, 15) is 0 Å². The van der Waals surface area contributed by atoms with Crippen LogP contribution in [-0.2, 0) is 6.42 Å². The summed E-state index contributed by atoms with van der Waals surface area (Å²) < 4.78 is 5.61. The first-order chi connectivity index (χ1) is 8.83. The van der Waals surface area contributed by atoms with Crippen LogP contribution in [0.3, 0.4) is 0 Å². The average molecular weight is 245 g/mol. The Bertz CT molecular complexity index is 493. The Morgan fingerprint density at radius 3 is 2.89 bits per heavy atom. The molecule has 0 radical (unpaired) electrons. The van der Waals surface area contributed by atoms with Crippen LogP contribution in [0.1, 0.15) is 32.5 Å². The molecule has 2 aromatic rings. The van der Waals surface area contributed by atoms with Crippen molar-refractivity contribution in [3.8, 4) is 17.1 Å². The van der Waals surface area contributed by atoms with Gasteiger partial charge in [-0.05, 0) is 25.0 Å².